The zero-order valence-corrected chi connectivity index (χ0v) is 15.3. The molecule has 0 bridgehead atoms. The molecule has 1 N–H and O–H groups in total. The summed E-state index contributed by atoms with van der Waals surface area (Å²) in [5, 5.41) is 3.12. The first-order valence-corrected chi connectivity index (χ1v) is 11.6. The Bertz CT molecular complexity index is 634. The van der Waals surface area contributed by atoms with Crippen LogP contribution in [0.4, 0.5) is 0 Å². The maximum Gasteiger partial charge on any atom is 0.107 e. The molecule has 0 spiro atoms. The summed E-state index contributed by atoms with van der Waals surface area (Å²) < 4.78 is 5.87. The van der Waals surface area contributed by atoms with Gasteiger partial charge in [0.05, 0.1) is 6.61 Å². The summed E-state index contributed by atoms with van der Waals surface area (Å²) in [6, 6.07) is 10.7. The molecule has 2 aromatic rings. The van der Waals surface area contributed by atoms with Crippen molar-refractivity contribution < 1.29 is 4.74 Å². The van der Waals surface area contributed by atoms with E-state index in [1.165, 1.54) is 53.9 Å². The molecule has 0 unspecified atom stereocenters. The van der Waals surface area contributed by atoms with Crippen LogP contribution in [0.15, 0.2) is 18.2 Å². The number of aromatic amines is 1. The molecule has 2 nitrogen and oxygen atoms in total. The molecule has 0 saturated carbocycles. The van der Waals surface area contributed by atoms with Crippen molar-refractivity contribution in [2.75, 3.05) is 6.61 Å². The lowest BCUT2D eigenvalue weighted by Gasteiger charge is -2.28. The molecule has 2 heterocycles. The third kappa shape index (κ3) is 2.54. The van der Waals surface area contributed by atoms with Gasteiger partial charge in [-0.1, -0.05) is 51.0 Å². The Kier molecular flexibility index (Phi) is 4.74. The Balaban J connectivity index is 2.24. The second kappa shape index (κ2) is 6.59. The predicted octanol–water partition coefficient (Wildman–Crippen LogP) is 4.74. The van der Waals surface area contributed by atoms with Crippen LogP contribution in [-0.2, 0) is 17.8 Å². The predicted molar refractivity (Wildman–Crippen MR) is 97.7 cm³/mol. The van der Waals surface area contributed by atoms with E-state index in [1.54, 1.807) is 10.9 Å². The van der Waals surface area contributed by atoms with Crippen molar-refractivity contribution in [2.45, 2.75) is 64.8 Å². The number of benzene rings is 1. The Hall–Kier alpha value is -1.06. The van der Waals surface area contributed by atoms with Crippen molar-refractivity contribution in [3.05, 3.63) is 29.3 Å². The van der Waals surface area contributed by atoms with Gasteiger partial charge in [-0.3, -0.25) is 0 Å². The van der Waals surface area contributed by atoms with E-state index in [9.17, 15) is 0 Å². The van der Waals surface area contributed by atoms with E-state index in [-0.39, 0.29) is 0 Å². The molecule has 22 heavy (non-hydrogen) atoms. The van der Waals surface area contributed by atoms with Crippen LogP contribution < -0.4 is 5.32 Å². The Morgan fingerprint density at radius 3 is 2.59 bits per heavy atom. The molecule has 3 heteroatoms. The Labute approximate surface area is 135 Å². The van der Waals surface area contributed by atoms with Crippen molar-refractivity contribution in [2.24, 2.45) is 0 Å². The number of ether oxygens (including phenoxy) is 1. The van der Waals surface area contributed by atoms with Gasteiger partial charge < -0.3 is 9.72 Å². The number of rotatable bonds is 4. The van der Waals surface area contributed by atoms with Gasteiger partial charge in [-0.15, -0.1) is 0 Å². The average Bonchev–Trinajstić information content (AvgIpc) is 2.97. The monoisotopic (exact) mass is 315 g/mol. The third-order valence-corrected chi connectivity index (χ3v) is 11.3. The summed E-state index contributed by atoms with van der Waals surface area (Å²) in [6.45, 7) is 8.86. The van der Waals surface area contributed by atoms with Crippen LogP contribution in [0.5, 0.6) is 0 Å². The number of nitrogens with one attached hydrogen (secondary N) is 1. The molecule has 0 atom stereocenters. The first-order chi connectivity index (χ1) is 10.8. The van der Waals surface area contributed by atoms with Crippen molar-refractivity contribution >= 4 is 24.3 Å². The van der Waals surface area contributed by atoms with Gasteiger partial charge in [-0.25, -0.2) is 0 Å². The van der Waals surface area contributed by atoms with E-state index < -0.39 is 8.07 Å². The SMILES string of the molecule is CC[Si](CC)(CC)c1[nH]c2cccc3c2c1CCCCOC3. The molecule has 0 amide bonds. The first-order valence-electron chi connectivity index (χ1n) is 8.96. The molecule has 3 rings (SSSR count). The van der Waals surface area contributed by atoms with Crippen LogP contribution in [0.25, 0.3) is 10.9 Å². The molecule has 1 aromatic carbocycles. The average molecular weight is 316 g/mol. The maximum atomic E-state index is 5.87. The summed E-state index contributed by atoms with van der Waals surface area (Å²) in [4.78, 5) is 3.87. The van der Waals surface area contributed by atoms with E-state index in [4.69, 9.17) is 4.74 Å². The summed E-state index contributed by atoms with van der Waals surface area (Å²) in [7, 11) is -1.38. The molecular weight excluding hydrogens is 286 g/mol. The van der Waals surface area contributed by atoms with Crippen molar-refractivity contribution in [3.63, 3.8) is 0 Å². The largest absolute Gasteiger partial charge is 0.377 e. The van der Waals surface area contributed by atoms with Crippen molar-refractivity contribution in [1.29, 1.82) is 0 Å². The highest BCUT2D eigenvalue weighted by Gasteiger charge is 2.34. The topological polar surface area (TPSA) is 25.0 Å². The lowest BCUT2D eigenvalue weighted by atomic mass is 10.0. The molecule has 0 saturated heterocycles. The van der Waals surface area contributed by atoms with Crippen LogP contribution in [0.2, 0.25) is 18.1 Å². The number of aryl methyl sites for hydroxylation is 1. The number of hydrogen-bond donors (Lipinski definition) is 1. The molecule has 0 aliphatic carbocycles. The molecular formula is C19H29NOSi. The van der Waals surface area contributed by atoms with Crippen molar-refractivity contribution in [3.8, 4) is 0 Å². The lowest BCUT2D eigenvalue weighted by molar-refractivity contribution is 0.119. The second-order valence-electron chi connectivity index (χ2n) is 6.67. The Morgan fingerprint density at radius 1 is 1.09 bits per heavy atom. The quantitative estimate of drug-likeness (QED) is 0.810. The minimum absolute atomic E-state index is 0.764. The number of hydrogen-bond acceptors (Lipinski definition) is 1. The normalized spacial score (nSPS) is 16.3. The minimum Gasteiger partial charge on any atom is -0.377 e. The van der Waals surface area contributed by atoms with E-state index in [0.29, 0.717) is 0 Å². The van der Waals surface area contributed by atoms with E-state index in [1.807, 2.05) is 0 Å². The first kappa shape index (κ1) is 15.8. The number of aromatic nitrogens is 1. The van der Waals surface area contributed by atoms with E-state index in [2.05, 4.69) is 44.0 Å². The standard InChI is InChI=1S/C19H29NOSi/c1-4-22(5-2,6-3)19-16-11-7-8-13-21-14-15-10-9-12-17(20-19)18(15)16/h9-10,12,20H,4-8,11,13-14H2,1-3H3. The molecule has 0 fully saturated rings. The highest BCUT2D eigenvalue weighted by atomic mass is 28.3. The van der Waals surface area contributed by atoms with Gasteiger partial charge in [0.2, 0.25) is 0 Å². The van der Waals surface area contributed by atoms with Crippen LogP contribution in [0.1, 0.15) is 44.7 Å². The maximum absolute atomic E-state index is 5.87. The zero-order chi connectivity index (χ0) is 15.6. The van der Waals surface area contributed by atoms with Crippen LogP contribution in [-0.4, -0.2) is 19.7 Å². The Morgan fingerprint density at radius 2 is 1.86 bits per heavy atom. The molecule has 1 aliphatic heterocycles. The highest BCUT2D eigenvalue weighted by molar-refractivity contribution is 6.91. The van der Waals surface area contributed by atoms with E-state index >= 15 is 0 Å². The molecule has 0 radical (unpaired) electrons. The fraction of sp³-hybridized carbons (Fsp3) is 0.579. The third-order valence-electron chi connectivity index (χ3n) is 5.80. The summed E-state index contributed by atoms with van der Waals surface area (Å²) >= 11 is 0. The fourth-order valence-corrected chi connectivity index (χ4v) is 8.04. The van der Waals surface area contributed by atoms with Gasteiger partial charge in [0.25, 0.3) is 0 Å². The van der Waals surface area contributed by atoms with Gasteiger partial charge >= 0.3 is 0 Å². The lowest BCUT2D eigenvalue weighted by Crippen LogP contribution is -2.48. The van der Waals surface area contributed by atoms with Crippen LogP contribution in [0, 0.1) is 0 Å². The van der Waals surface area contributed by atoms with Gasteiger partial charge in [-0.2, -0.15) is 0 Å². The van der Waals surface area contributed by atoms with Gasteiger partial charge in [0.15, 0.2) is 0 Å². The second-order valence-corrected chi connectivity index (χ2v) is 11.9. The van der Waals surface area contributed by atoms with Gasteiger partial charge in [-0.05, 0) is 36.5 Å². The minimum atomic E-state index is -1.38. The van der Waals surface area contributed by atoms with Crippen LogP contribution in [0.3, 0.4) is 0 Å². The van der Waals surface area contributed by atoms with Crippen LogP contribution >= 0.6 is 0 Å². The van der Waals surface area contributed by atoms with Crippen molar-refractivity contribution in [1.82, 2.24) is 4.98 Å². The zero-order valence-electron chi connectivity index (χ0n) is 14.3. The smallest absolute Gasteiger partial charge is 0.107 e. The fourth-order valence-electron chi connectivity index (χ4n) is 4.19. The number of H-pyrrole nitrogens is 1. The summed E-state index contributed by atoms with van der Waals surface area (Å²) in [6.07, 6.45) is 3.64. The molecule has 1 aliphatic rings. The van der Waals surface area contributed by atoms with Gasteiger partial charge in [0.1, 0.15) is 8.07 Å². The molecule has 120 valence electrons. The van der Waals surface area contributed by atoms with Gasteiger partial charge in [0, 0.05) is 22.8 Å². The van der Waals surface area contributed by atoms with E-state index in [0.717, 1.165) is 13.2 Å². The summed E-state index contributed by atoms with van der Waals surface area (Å²) in [5.41, 5.74) is 4.34. The molecule has 1 aromatic heterocycles. The highest BCUT2D eigenvalue weighted by Crippen LogP contribution is 2.30. The summed E-state index contributed by atoms with van der Waals surface area (Å²) in [5.74, 6) is 0.